The average molecular weight is 226 g/mol. The van der Waals surface area contributed by atoms with Crippen molar-refractivity contribution in [2.45, 2.75) is 32.9 Å². The first kappa shape index (κ1) is 12.4. The van der Waals surface area contributed by atoms with E-state index in [2.05, 4.69) is 10.4 Å². The standard InChI is InChI=1S/C10H18N4O2/c1-10(2,3)16-9(15)12-6-7-5-8(11)14(4)13-7/h5H,6,11H2,1-4H3,(H,12,15). The summed E-state index contributed by atoms with van der Waals surface area (Å²) in [4.78, 5) is 11.3. The Bertz CT molecular complexity index is 359. The van der Waals surface area contributed by atoms with E-state index >= 15 is 0 Å². The van der Waals surface area contributed by atoms with Crippen molar-refractivity contribution in [3.8, 4) is 0 Å². The normalized spacial score (nSPS) is 11.2. The molecule has 0 spiro atoms. The number of anilines is 1. The predicted molar refractivity (Wildman–Crippen MR) is 60.7 cm³/mol. The topological polar surface area (TPSA) is 82.2 Å². The van der Waals surface area contributed by atoms with E-state index in [0.29, 0.717) is 18.1 Å². The molecule has 0 unspecified atom stereocenters. The molecule has 0 aromatic carbocycles. The molecule has 6 nitrogen and oxygen atoms in total. The zero-order valence-electron chi connectivity index (χ0n) is 10.1. The Kier molecular flexibility index (Phi) is 3.41. The molecule has 1 rings (SSSR count). The van der Waals surface area contributed by atoms with Gasteiger partial charge >= 0.3 is 6.09 Å². The Morgan fingerprint density at radius 1 is 1.62 bits per heavy atom. The summed E-state index contributed by atoms with van der Waals surface area (Å²) < 4.78 is 6.63. The van der Waals surface area contributed by atoms with Crippen LogP contribution in [0.25, 0.3) is 0 Å². The molecule has 0 saturated carbocycles. The highest BCUT2D eigenvalue weighted by Crippen LogP contribution is 2.07. The van der Waals surface area contributed by atoms with Gasteiger partial charge in [-0.3, -0.25) is 4.68 Å². The number of amides is 1. The third kappa shape index (κ3) is 3.80. The minimum absolute atomic E-state index is 0.306. The Hall–Kier alpha value is -1.72. The van der Waals surface area contributed by atoms with E-state index in [0.717, 1.165) is 0 Å². The second kappa shape index (κ2) is 4.42. The lowest BCUT2D eigenvalue weighted by molar-refractivity contribution is 0.0523. The lowest BCUT2D eigenvalue weighted by Gasteiger charge is -2.19. The van der Waals surface area contributed by atoms with Gasteiger partial charge in [0, 0.05) is 13.1 Å². The number of carbonyl (C=O) groups is 1. The minimum Gasteiger partial charge on any atom is -0.444 e. The lowest BCUT2D eigenvalue weighted by atomic mass is 10.2. The minimum atomic E-state index is -0.493. The molecule has 1 aromatic rings. The van der Waals surface area contributed by atoms with E-state index in [1.807, 2.05) is 20.8 Å². The molecule has 0 aliphatic rings. The van der Waals surface area contributed by atoms with Gasteiger partial charge in [0.2, 0.25) is 0 Å². The summed E-state index contributed by atoms with van der Waals surface area (Å²) in [5, 5.41) is 6.70. The second-order valence-electron chi connectivity index (χ2n) is 4.54. The van der Waals surface area contributed by atoms with Crippen molar-refractivity contribution in [3.05, 3.63) is 11.8 Å². The van der Waals surface area contributed by atoms with E-state index in [9.17, 15) is 4.79 Å². The Morgan fingerprint density at radius 2 is 2.25 bits per heavy atom. The van der Waals surface area contributed by atoms with Crippen molar-refractivity contribution in [1.29, 1.82) is 0 Å². The largest absolute Gasteiger partial charge is 0.444 e. The smallest absolute Gasteiger partial charge is 0.407 e. The van der Waals surface area contributed by atoms with Crippen molar-refractivity contribution in [1.82, 2.24) is 15.1 Å². The maximum Gasteiger partial charge on any atom is 0.407 e. The molecule has 1 heterocycles. The quantitative estimate of drug-likeness (QED) is 0.789. The number of nitrogens with zero attached hydrogens (tertiary/aromatic N) is 2. The van der Waals surface area contributed by atoms with Gasteiger partial charge in [0.1, 0.15) is 11.4 Å². The summed E-state index contributed by atoms with van der Waals surface area (Å²) in [5.41, 5.74) is 5.81. The summed E-state index contributed by atoms with van der Waals surface area (Å²) in [6.07, 6.45) is -0.461. The molecule has 0 aliphatic heterocycles. The number of aromatic nitrogens is 2. The number of hydrogen-bond donors (Lipinski definition) is 2. The molecular weight excluding hydrogens is 208 g/mol. The van der Waals surface area contributed by atoms with Crippen LogP contribution < -0.4 is 11.1 Å². The van der Waals surface area contributed by atoms with Crippen LogP contribution in [0, 0.1) is 0 Å². The number of nitrogens with two attached hydrogens (primary N) is 1. The van der Waals surface area contributed by atoms with Crippen LogP contribution in [0.1, 0.15) is 26.5 Å². The molecule has 0 fully saturated rings. The Labute approximate surface area is 94.8 Å². The van der Waals surface area contributed by atoms with Gasteiger partial charge in [-0.1, -0.05) is 0 Å². The Morgan fingerprint density at radius 3 is 2.69 bits per heavy atom. The molecular formula is C10H18N4O2. The molecule has 0 radical (unpaired) electrons. The van der Waals surface area contributed by atoms with Gasteiger partial charge in [0.15, 0.2) is 0 Å². The van der Waals surface area contributed by atoms with Crippen molar-refractivity contribution < 1.29 is 9.53 Å². The maximum absolute atomic E-state index is 11.3. The number of aryl methyl sites for hydroxylation is 1. The summed E-state index contributed by atoms with van der Waals surface area (Å²) in [5.74, 6) is 0.556. The van der Waals surface area contributed by atoms with Gasteiger partial charge in [-0.15, -0.1) is 0 Å². The third-order valence-corrected chi connectivity index (χ3v) is 1.78. The van der Waals surface area contributed by atoms with Crippen LogP contribution in [-0.2, 0) is 18.3 Å². The van der Waals surface area contributed by atoms with Gasteiger partial charge in [0.05, 0.1) is 12.2 Å². The number of ether oxygens (including phenoxy) is 1. The van der Waals surface area contributed by atoms with Crippen LogP contribution in [0.15, 0.2) is 6.07 Å². The average Bonchev–Trinajstić information content (AvgIpc) is 2.40. The van der Waals surface area contributed by atoms with Crippen molar-refractivity contribution in [3.63, 3.8) is 0 Å². The monoisotopic (exact) mass is 226 g/mol. The first-order valence-corrected chi connectivity index (χ1v) is 5.03. The highest BCUT2D eigenvalue weighted by Gasteiger charge is 2.16. The highest BCUT2D eigenvalue weighted by molar-refractivity contribution is 5.67. The van der Waals surface area contributed by atoms with Gasteiger partial charge in [-0.25, -0.2) is 4.79 Å². The molecule has 3 N–H and O–H groups in total. The SMILES string of the molecule is Cn1nc(CNC(=O)OC(C)(C)C)cc1N. The molecule has 90 valence electrons. The summed E-state index contributed by atoms with van der Waals surface area (Å²) in [6, 6.07) is 1.71. The Balaban J connectivity index is 2.43. The number of hydrogen-bond acceptors (Lipinski definition) is 4. The number of nitrogens with one attached hydrogen (secondary N) is 1. The third-order valence-electron chi connectivity index (χ3n) is 1.78. The lowest BCUT2D eigenvalue weighted by Crippen LogP contribution is -2.32. The molecule has 0 saturated heterocycles. The molecule has 0 atom stereocenters. The summed E-state index contributed by atoms with van der Waals surface area (Å²) in [6.45, 7) is 5.74. The van der Waals surface area contributed by atoms with E-state index < -0.39 is 11.7 Å². The number of rotatable bonds is 2. The summed E-state index contributed by atoms with van der Waals surface area (Å²) >= 11 is 0. The van der Waals surface area contributed by atoms with E-state index in [-0.39, 0.29) is 0 Å². The molecule has 1 amide bonds. The van der Waals surface area contributed by atoms with Crippen LogP contribution >= 0.6 is 0 Å². The maximum atomic E-state index is 11.3. The van der Waals surface area contributed by atoms with Crippen LogP contribution in [0.5, 0.6) is 0 Å². The van der Waals surface area contributed by atoms with Gasteiger partial charge in [-0.05, 0) is 20.8 Å². The number of alkyl carbamates (subject to hydrolysis) is 1. The van der Waals surface area contributed by atoms with Crippen LogP contribution in [-0.4, -0.2) is 21.5 Å². The van der Waals surface area contributed by atoms with E-state index in [1.165, 1.54) is 0 Å². The van der Waals surface area contributed by atoms with Crippen LogP contribution in [0.2, 0.25) is 0 Å². The van der Waals surface area contributed by atoms with Crippen LogP contribution in [0.3, 0.4) is 0 Å². The van der Waals surface area contributed by atoms with Crippen molar-refractivity contribution in [2.75, 3.05) is 5.73 Å². The molecule has 0 bridgehead atoms. The second-order valence-corrected chi connectivity index (χ2v) is 4.54. The first-order chi connectivity index (χ1) is 7.28. The number of nitrogen functional groups attached to an aromatic ring is 1. The molecule has 0 aliphatic carbocycles. The molecule has 6 heteroatoms. The van der Waals surface area contributed by atoms with E-state index in [4.69, 9.17) is 10.5 Å². The molecule has 1 aromatic heterocycles. The molecule has 16 heavy (non-hydrogen) atoms. The predicted octanol–water partition coefficient (Wildman–Crippen LogP) is 1.03. The zero-order valence-corrected chi connectivity index (χ0v) is 10.1. The van der Waals surface area contributed by atoms with E-state index in [1.54, 1.807) is 17.8 Å². The van der Waals surface area contributed by atoms with Gasteiger partial charge in [-0.2, -0.15) is 5.10 Å². The highest BCUT2D eigenvalue weighted by atomic mass is 16.6. The fraction of sp³-hybridized carbons (Fsp3) is 0.600. The number of carbonyl (C=O) groups excluding carboxylic acids is 1. The van der Waals surface area contributed by atoms with Gasteiger partial charge < -0.3 is 15.8 Å². The van der Waals surface area contributed by atoms with Gasteiger partial charge in [0.25, 0.3) is 0 Å². The van der Waals surface area contributed by atoms with Crippen molar-refractivity contribution >= 4 is 11.9 Å². The zero-order chi connectivity index (χ0) is 12.3. The van der Waals surface area contributed by atoms with Crippen LogP contribution in [0.4, 0.5) is 10.6 Å². The fourth-order valence-corrected chi connectivity index (χ4v) is 1.11. The van der Waals surface area contributed by atoms with Crippen molar-refractivity contribution in [2.24, 2.45) is 7.05 Å². The summed E-state index contributed by atoms with van der Waals surface area (Å²) in [7, 11) is 1.74. The first-order valence-electron chi connectivity index (χ1n) is 5.03. The fourth-order valence-electron chi connectivity index (χ4n) is 1.11.